The molecule has 6 heteroatoms. The van der Waals surface area contributed by atoms with E-state index in [4.69, 9.17) is 11.6 Å². The van der Waals surface area contributed by atoms with Gasteiger partial charge in [-0.3, -0.25) is 14.5 Å². The van der Waals surface area contributed by atoms with Gasteiger partial charge in [-0.1, -0.05) is 24.1 Å². The van der Waals surface area contributed by atoms with Crippen molar-refractivity contribution < 1.29 is 14.7 Å². The van der Waals surface area contributed by atoms with Crippen molar-refractivity contribution in [3.63, 3.8) is 0 Å². The molecule has 0 saturated carbocycles. The molecule has 0 radical (unpaired) electrons. The van der Waals surface area contributed by atoms with Crippen LogP contribution in [0.2, 0.25) is 5.02 Å². The topological polar surface area (TPSA) is 69.6 Å². The Hall–Kier alpha value is -1.59. The maximum absolute atomic E-state index is 12.1. The fraction of sp³-hybridized carbons (Fsp3) is 0.467. The molecule has 2 rings (SSSR count). The summed E-state index contributed by atoms with van der Waals surface area (Å²) in [6.45, 7) is 2.61. The first-order chi connectivity index (χ1) is 9.97. The van der Waals surface area contributed by atoms with Gasteiger partial charge in [0, 0.05) is 10.7 Å². The number of amides is 1. The molecule has 1 fully saturated rings. The minimum Gasteiger partial charge on any atom is -0.480 e. The highest BCUT2D eigenvalue weighted by molar-refractivity contribution is 6.31. The third-order valence-electron chi connectivity index (χ3n) is 3.72. The van der Waals surface area contributed by atoms with Crippen LogP contribution in [0.3, 0.4) is 0 Å². The van der Waals surface area contributed by atoms with Gasteiger partial charge in [-0.25, -0.2) is 0 Å². The molecule has 5 nitrogen and oxygen atoms in total. The molecule has 1 aromatic carbocycles. The summed E-state index contributed by atoms with van der Waals surface area (Å²) in [7, 11) is 0. The number of hydrogen-bond acceptors (Lipinski definition) is 3. The number of hydrogen-bond donors (Lipinski definition) is 2. The molecule has 21 heavy (non-hydrogen) atoms. The molecule has 1 aliphatic heterocycles. The van der Waals surface area contributed by atoms with E-state index in [0.29, 0.717) is 23.7 Å². The quantitative estimate of drug-likeness (QED) is 0.896. The third kappa shape index (κ3) is 4.19. The Morgan fingerprint density at radius 3 is 2.90 bits per heavy atom. The van der Waals surface area contributed by atoms with Crippen molar-refractivity contribution in [2.45, 2.75) is 32.2 Å². The predicted molar refractivity (Wildman–Crippen MR) is 81.7 cm³/mol. The van der Waals surface area contributed by atoms with Crippen molar-refractivity contribution in [1.29, 1.82) is 0 Å². The SMILES string of the molecule is Cc1ccc(Cl)cc1NC(=O)CN1CCCCC1C(=O)O. The molecular weight excluding hydrogens is 292 g/mol. The predicted octanol–water partition coefficient (Wildman–Crippen LogP) is 2.53. The van der Waals surface area contributed by atoms with Gasteiger partial charge in [-0.05, 0) is 44.0 Å². The first-order valence-corrected chi connectivity index (χ1v) is 7.38. The van der Waals surface area contributed by atoms with Gasteiger partial charge in [-0.15, -0.1) is 0 Å². The minimum absolute atomic E-state index is 0.0862. The van der Waals surface area contributed by atoms with E-state index in [9.17, 15) is 14.7 Å². The van der Waals surface area contributed by atoms with E-state index in [-0.39, 0.29) is 12.5 Å². The van der Waals surface area contributed by atoms with Gasteiger partial charge >= 0.3 is 5.97 Å². The average molecular weight is 311 g/mol. The molecule has 1 amide bonds. The first-order valence-electron chi connectivity index (χ1n) is 7.00. The van der Waals surface area contributed by atoms with Gasteiger partial charge in [0.25, 0.3) is 0 Å². The highest BCUT2D eigenvalue weighted by Gasteiger charge is 2.29. The molecule has 1 heterocycles. The van der Waals surface area contributed by atoms with Crippen LogP contribution in [0.1, 0.15) is 24.8 Å². The van der Waals surface area contributed by atoms with E-state index in [1.165, 1.54) is 0 Å². The van der Waals surface area contributed by atoms with Crippen LogP contribution in [-0.4, -0.2) is 41.0 Å². The monoisotopic (exact) mass is 310 g/mol. The van der Waals surface area contributed by atoms with Crippen molar-refractivity contribution in [3.05, 3.63) is 28.8 Å². The van der Waals surface area contributed by atoms with Crippen molar-refractivity contribution in [2.24, 2.45) is 0 Å². The van der Waals surface area contributed by atoms with Gasteiger partial charge in [0.05, 0.1) is 6.54 Å². The molecule has 0 aliphatic carbocycles. The lowest BCUT2D eigenvalue weighted by atomic mass is 10.0. The normalized spacial score (nSPS) is 19.2. The maximum atomic E-state index is 12.1. The highest BCUT2D eigenvalue weighted by atomic mass is 35.5. The smallest absolute Gasteiger partial charge is 0.320 e. The number of halogens is 1. The number of aryl methyl sites for hydroxylation is 1. The number of carboxylic acid groups (broad SMARTS) is 1. The fourth-order valence-corrected chi connectivity index (χ4v) is 2.74. The molecule has 2 N–H and O–H groups in total. The molecule has 1 saturated heterocycles. The summed E-state index contributed by atoms with van der Waals surface area (Å²) in [6.07, 6.45) is 2.41. The number of carboxylic acids is 1. The summed E-state index contributed by atoms with van der Waals surface area (Å²) in [4.78, 5) is 25.1. The summed E-state index contributed by atoms with van der Waals surface area (Å²) >= 11 is 5.92. The summed E-state index contributed by atoms with van der Waals surface area (Å²) in [6, 6.07) is 4.72. The Kier molecular flexibility index (Phi) is 5.20. The van der Waals surface area contributed by atoms with Crippen molar-refractivity contribution in [2.75, 3.05) is 18.4 Å². The summed E-state index contributed by atoms with van der Waals surface area (Å²) in [5.41, 5.74) is 1.58. The lowest BCUT2D eigenvalue weighted by Gasteiger charge is -2.32. The van der Waals surface area contributed by atoms with Crippen molar-refractivity contribution >= 4 is 29.2 Å². The standard InChI is InChI=1S/C15H19ClN2O3/c1-10-5-6-11(16)8-12(10)17-14(19)9-18-7-3-2-4-13(18)15(20)21/h5-6,8,13H,2-4,7,9H2,1H3,(H,17,19)(H,20,21). The third-order valence-corrected chi connectivity index (χ3v) is 3.95. The Balaban J connectivity index is 2.00. The van der Waals surface area contributed by atoms with Gasteiger partial charge < -0.3 is 10.4 Å². The number of benzene rings is 1. The van der Waals surface area contributed by atoms with Crippen LogP contribution < -0.4 is 5.32 Å². The van der Waals surface area contributed by atoms with Crippen LogP contribution in [-0.2, 0) is 9.59 Å². The molecule has 1 aromatic rings. The van der Waals surface area contributed by atoms with Crippen LogP contribution in [0.15, 0.2) is 18.2 Å². The molecule has 0 bridgehead atoms. The maximum Gasteiger partial charge on any atom is 0.320 e. The number of carbonyl (C=O) groups is 2. The molecule has 0 aromatic heterocycles. The van der Waals surface area contributed by atoms with E-state index in [1.54, 1.807) is 17.0 Å². The largest absolute Gasteiger partial charge is 0.480 e. The number of nitrogens with zero attached hydrogens (tertiary/aromatic N) is 1. The van der Waals surface area contributed by atoms with Crippen LogP contribution in [0.4, 0.5) is 5.69 Å². The van der Waals surface area contributed by atoms with E-state index in [1.807, 2.05) is 13.0 Å². The van der Waals surface area contributed by atoms with Crippen LogP contribution >= 0.6 is 11.6 Å². The fourth-order valence-electron chi connectivity index (χ4n) is 2.56. The lowest BCUT2D eigenvalue weighted by molar-refractivity contribution is -0.145. The zero-order valence-corrected chi connectivity index (χ0v) is 12.7. The number of piperidine rings is 1. The molecule has 1 atom stereocenters. The zero-order chi connectivity index (χ0) is 15.4. The van der Waals surface area contributed by atoms with Crippen molar-refractivity contribution in [1.82, 2.24) is 4.90 Å². The number of nitrogens with one attached hydrogen (secondary N) is 1. The molecule has 1 aliphatic rings. The first kappa shape index (κ1) is 15.8. The molecule has 114 valence electrons. The molecule has 1 unspecified atom stereocenters. The Bertz CT molecular complexity index is 548. The average Bonchev–Trinajstić information content (AvgIpc) is 2.43. The lowest BCUT2D eigenvalue weighted by Crippen LogP contribution is -2.47. The number of likely N-dealkylation sites (tertiary alicyclic amines) is 1. The van der Waals surface area contributed by atoms with Crippen LogP contribution in [0.25, 0.3) is 0 Å². The number of anilines is 1. The minimum atomic E-state index is -0.860. The van der Waals surface area contributed by atoms with E-state index in [0.717, 1.165) is 18.4 Å². The second kappa shape index (κ2) is 6.91. The van der Waals surface area contributed by atoms with Crippen LogP contribution in [0.5, 0.6) is 0 Å². The van der Waals surface area contributed by atoms with E-state index >= 15 is 0 Å². The molecular formula is C15H19ClN2O3. The Labute approximate surface area is 128 Å². The molecule has 0 spiro atoms. The zero-order valence-electron chi connectivity index (χ0n) is 11.9. The second-order valence-corrected chi connectivity index (χ2v) is 5.76. The second-order valence-electron chi connectivity index (χ2n) is 5.33. The Morgan fingerprint density at radius 2 is 2.19 bits per heavy atom. The van der Waals surface area contributed by atoms with Gasteiger partial charge in [0.2, 0.25) is 5.91 Å². The summed E-state index contributed by atoms with van der Waals surface area (Å²) in [5.74, 6) is -1.07. The number of aliphatic carboxylic acids is 1. The Morgan fingerprint density at radius 1 is 1.43 bits per heavy atom. The van der Waals surface area contributed by atoms with Gasteiger partial charge in [0.15, 0.2) is 0 Å². The van der Waals surface area contributed by atoms with Gasteiger partial charge in [0.1, 0.15) is 6.04 Å². The summed E-state index contributed by atoms with van der Waals surface area (Å²) < 4.78 is 0. The highest BCUT2D eigenvalue weighted by Crippen LogP contribution is 2.21. The summed E-state index contributed by atoms with van der Waals surface area (Å²) in [5, 5.41) is 12.6. The number of carbonyl (C=O) groups excluding carboxylic acids is 1. The van der Waals surface area contributed by atoms with E-state index < -0.39 is 12.0 Å². The van der Waals surface area contributed by atoms with Crippen LogP contribution in [0, 0.1) is 6.92 Å². The van der Waals surface area contributed by atoms with E-state index in [2.05, 4.69) is 5.32 Å². The number of rotatable bonds is 4. The van der Waals surface area contributed by atoms with Crippen molar-refractivity contribution in [3.8, 4) is 0 Å². The van der Waals surface area contributed by atoms with Gasteiger partial charge in [-0.2, -0.15) is 0 Å².